The third-order valence-electron chi connectivity index (χ3n) is 3.91. The molecule has 0 aliphatic heterocycles. The molecule has 0 aliphatic carbocycles. The first-order chi connectivity index (χ1) is 13.1. The molecule has 0 saturated heterocycles. The fourth-order valence-electron chi connectivity index (χ4n) is 2.53. The average molecular weight is 369 g/mol. The Morgan fingerprint density at radius 3 is 2.44 bits per heavy atom. The fourth-order valence-corrected chi connectivity index (χ4v) is 2.53. The SMILES string of the molecule is COc1ccc(OCCNC(=O)c2cc(C)n(-c3ccc(F)cc3)n2)cc1. The second kappa shape index (κ2) is 8.35. The molecule has 1 N–H and O–H groups in total. The number of rotatable bonds is 7. The number of hydrogen-bond acceptors (Lipinski definition) is 4. The third-order valence-corrected chi connectivity index (χ3v) is 3.91. The van der Waals surface area contributed by atoms with Crippen molar-refractivity contribution >= 4 is 5.91 Å². The first-order valence-electron chi connectivity index (χ1n) is 8.44. The lowest BCUT2D eigenvalue weighted by Gasteiger charge is -2.07. The molecule has 27 heavy (non-hydrogen) atoms. The van der Waals surface area contributed by atoms with E-state index >= 15 is 0 Å². The van der Waals surface area contributed by atoms with Crippen molar-refractivity contribution in [3.05, 3.63) is 71.8 Å². The molecule has 7 heteroatoms. The standard InChI is InChI=1S/C20H20FN3O3/c1-14-13-19(23-24(14)16-5-3-15(21)4-6-16)20(25)22-11-12-27-18-9-7-17(26-2)8-10-18/h3-10,13H,11-12H2,1-2H3,(H,22,25). The minimum atomic E-state index is -0.321. The molecule has 0 spiro atoms. The summed E-state index contributed by atoms with van der Waals surface area (Å²) in [5.41, 5.74) is 1.76. The van der Waals surface area contributed by atoms with E-state index in [0.717, 1.165) is 11.4 Å². The number of nitrogens with one attached hydrogen (secondary N) is 1. The van der Waals surface area contributed by atoms with E-state index in [1.54, 1.807) is 54.3 Å². The van der Waals surface area contributed by atoms with Gasteiger partial charge in [-0.05, 0) is 61.5 Å². The maximum Gasteiger partial charge on any atom is 0.271 e. The van der Waals surface area contributed by atoms with Crippen molar-refractivity contribution in [1.82, 2.24) is 15.1 Å². The molecule has 0 atom stereocenters. The number of benzene rings is 2. The minimum absolute atomic E-state index is 0.293. The third kappa shape index (κ3) is 4.63. The van der Waals surface area contributed by atoms with Gasteiger partial charge < -0.3 is 14.8 Å². The number of nitrogens with zero attached hydrogens (tertiary/aromatic N) is 2. The zero-order chi connectivity index (χ0) is 19.2. The number of carbonyl (C=O) groups is 1. The molecule has 0 bridgehead atoms. The monoisotopic (exact) mass is 369 g/mol. The summed E-state index contributed by atoms with van der Waals surface area (Å²) in [4.78, 5) is 12.3. The van der Waals surface area contributed by atoms with Gasteiger partial charge in [0, 0.05) is 5.69 Å². The number of ether oxygens (including phenoxy) is 2. The Hall–Kier alpha value is -3.35. The van der Waals surface area contributed by atoms with Crippen molar-refractivity contribution in [2.45, 2.75) is 6.92 Å². The van der Waals surface area contributed by atoms with Crippen LogP contribution in [0.25, 0.3) is 5.69 Å². The Balaban J connectivity index is 1.53. The first kappa shape index (κ1) is 18.4. The number of halogens is 1. The molecule has 1 amide bonds. The number of hydrogen-bond donors (Lipinski definition) is 1. The number of aryl methyl sites for hydroxylation is 1. The molecule has 3 aromatic rings. The Morgan fingerprint density at radius 2 is 1.78 bits per heavy atom. The first-order valence-corrected chi connectivity index (χ1v) is 8.44. The highest BCUT2D eigenvalue weighted by molar-refractivity contribution is 5.92. The summed E-state index contributed by atoms with van der Waals surface area (Å²) >= 11 is 0. The van der Waals surface area contributed by atoms with E-state index in [-0.39, 0.29) is 11.7 Å². The Morgan fingerprint density at radius 1 is 1.11 bits per heavy atom. The second-order valence-corrected chi connectivity index (χ2v) is 5.84. The van der Waals surface area contributed by atoms with Gasteiger partial charge in [-0.2, -0.15) is 5.10 Å². The normalized spacial score (nSPS) is 10.5. The molecule has 6 nitrogen and oxygen atoms in total. The van der Waals surface area contributed by atoms with Gasteiger partial charge in [-0.3, -0.25) is 4.79 Å². The van der Waals surface area contributed by atoms with Crippen LogP contribution in [0.15, 0.2) is 54.6 Å². The van der Waals surface area contributed by atoms with Crippen LogP contribution in [0.1, 0.15) is 16.2 Å². The van der Waals surface area contributed by atoms with Crippen LogP contribution >= 0.6 is 0 Å². The van der Waals surface area contributed by atoms with Gasteiger partial charge in [0.15, 0.2) is 5.69 Å². The summed E-state index contributed by atoms with van der Waals surface area (Å²) in [6.07, 6.45) is 0. The van der Waals surface area contributed by atoms with Gasteiger partial charge in [0.05, 0.1) is 19.3 Å². The molecule has 1 aromatic heterocycles. The quantitative estimate of drug-likeness (QED) is 0.650. The van der Waals surface area contributed by atoms with E-state index in [2.05, 4.69) is 10.4 Å². The largest absolute Gasteiger partial charge is 0.497 e. The fraction of sp³-hybridized carbons (Fsp3) is 0.200. The summed E-state index contributed by atoms with van der Waals surface area (Å²) < 4.78 is 25.3. The molecule has 3 rings (SSSR count). The van der Waals surface area contributed by atoms with E-state index in [1.807, 2.05) is 6.92 Å². The summed E-state index contributed by atoms with van der Waals surface area (Å²) in [7, 11) is 1.60. The lowest BCUT2D eigenvalue weighted by molar-refractivity contribution is 0.0941. The zero-order valence-electron chi connectivity index (χ0n) is 15.1. The average Bonchev–Trinajstić information content (AvgIpc) is 3.08. The highest BCUT2D eigenvalue weighted by Gasteiger charge is 2.13. The van der Waals surface area contributed by atoms with Crippen molar-refractivity contribution in [1.29, 1.82) is 0 Å². The van der Waals surface area contributed by atoms with Gasteiger partial charge >= 0.3 is 0 Å². The van der Waals surface area contributed by atoms with Crippen LogP contribution in [-0.2, 0) is 0 Å². The predicted molar refractivity (Wildman–Crippen MR) is 99.1 cm³/mol. The summed E-state index contributed by atoms with van der Waals surface area (Å²) in [5, 5.41) is 7.06. The van der Waals surface area contributed by atoms with E-state index in [1.165, 1.54) is 12.1 Å². The van der Waals surface area contributed by atoms with Crippen LogP contribution in [0.3, 0.4) is 0 Å². The van der Waals surface area contributed by atoms with E-state index in [0.29, 0.717) is 30.3 Å². The number of methoxy groups -OCH3 is 1. The van der Waals surface area contributed by atoms with Crippen LogP contribution < -0.4 is 14.8 Å². The smallest absolute Gasteiger partial charge is 0.271 e. The molecule has 140 valence electrons. The Bertz CT molecular complexity index is 905. The Labute approximate surface area is 156 Å². The molecular weight excluding hydrogens is 349 g/mol. The lowest BCUT2D eigenvalue weighted by Crippen LogP contribution is -2.28. The van der Waals surface area contributed by atoms with Gasteiger partial charge in [-0.25, -0.2) is 9.07 Å². The highest BCUT2D eigenvalue weighted by atomic mass is 19.1. The zero-order valence-corrected chi connectivity index (χ0v) is 15.1. The van der Waals surface area contributed by atoms with Gasteiger partial charge in [-0.15, -0.1) is 0 Å². The van der Waals surface area contributed by atoms with Crippen LogP contribution in [0.5, 0.6) is 11.5 Å². The molecule has 0 aliphatic rings. The van der Waals surface area contributed by atoms with Gasteiger partial charge in [0.2, 0.25) is 0 Å². The summed E-state index contributed by atoms with van der Waals surface area (Å²) in [6.45, 7) is 2.50. The molecule has 0 saturated carbocycles. The number of amides is 1. The number of carbonyl (C=O) groups excluding carboxylic acids is 1. The molecular formula is C20H20FN3O3. The van der Waals surface area contributed by atoms with Crippen LogP contribution in [0.2, 0.25) is 0 Å². The van der Waals surface area contributed by atoms with Crippen molar-refractivity contribution in [3.8, 4) is 17.2 Å². The van der Waals surface area contributed by atoms with E-state index < -0.39 is 0 Å². The van der Waals surface area contributed by atoms with E-state index in [9.17, 15) is 9.18 Å². The molecule has 0 radical (unpaired) electrons. The minimum Gasteiger partial charge on any atom is -0.497 e. The Kier molecular flexibility index (Phi) is 5.71. The second-order valence-electron chi connectivity index (χ2n) is 5.84. The lowest BCUT2D eigenvalue weighted by atomic mass is 10.3. The van der Waals surface area contributed by atoms with Crippen molar-refractivity contribution in [2.75, 3.05) is 20.3 Å². The van der Waals surface area contributed by atoms with Gasteiger partial charge in [0.25, 0.3) is 5.91 Å². The van der Waals surface area contributed by atoms with Crippen LogP contribution in [0, 0.1) is 12.7 Å². The summed E-state index contributed by atoms with van der Waals surface area (Å²) in [6, 6.07) is 14.8. The molecule has 2 aromatic carbocycles. The van der Waals surface area contributed by atoms with Crippen LogP contribution in [0.4, 0.5) is 4.39 Å². The van der Waals surface area contributed by atoms with Gasteiger partial charge in [-0.1, -0.05) is 0 Å². The van der Waals surface area contributed by atoms with Crippen molar-refractivity contribution in [2.24, 2.45) is 0 Å². The molecule has 1 heterocycles. The van der Waals surface area contributed by atoms with E-state index in [4.69, 9.17) is 9.47 Å². The topological polar surface area (TPSA) is 65.4 Å². The van der Waals surface area contributed by atoms with Crippen molar-refractivity contribution < 1.29 is 18.7 Å². The molecule has 0 fully saturated rings. The predicted octanol–water partition coefficient (Wildman–Crippen LogP) is 3.14. The number of aromatic nitrogens is 2. The van der Waals surface area contributed by atoms with Crippen LogP contribution in [-0.4, -0.2) is 35.9 Å². The van der Waals surface area contributed by atoms with Gasteiger partial charge in [0.1, 0.15) is 23.9 Å². The summed E-state index contributed by atoms with van der Waals surface area (Å²) in [5.74, 6) is 0.833. The molecule has 0 unspecified atom stereocenters. The maximum atomic E-state index is 13.1. The maximum absolute atomic E-state index is 13.1. The van der Waals surface area contributed by atoms with Crippen molar-refractivity contribution in [3.63, 3.8) is 0 Å². The highest BCUT2D eigenvalue weighted by Crippen LogP contribution is 2.17.